The normalized spacial score (nSPS) is 28.0. The zero-order chi connectivity index (χ0) is 30.1. The van der Waals surface area contributed by atoms with Gasteiger partial charge < -0.3 is 40.7 Å². The molecule has 0 radical (unpaired) electrons. The first-order chi connectivity index (χ1) is 19.2. The van der Waals surface area contributed by atoms with Gasteiger partial charge in [-0.2, -0.15) is 0 Å². The number of ether oxygens (including phenoxy) is 1. The second-order valence-electron chi connectivity index (χ2n) is 11.4. The Morgan fingerprint density at radius 3 is 2.29 bits per heavy atom. The van der Waals surface area contributed by atoms with Gasteiger partial charge in [0.25, 0.3) is 11.8 Å². The van der Waals surface area contributed by atoms with Crippen LogP contribution in [0.15, 0.2) is 23.0 Å². The number of Topliss-reactive ketones (excluding diaryl/α,β-unsaturated/α-hetero) is 2. The molecule has 1 aromatic carbocycles. The number of nitrogens with two attached hydrogens (primary N) is 1. The third-order valence-corrected chi connectivity index (χ3v) is 8.71. The summed E-state index contributed by atoms with van der Waals surface area (Å²) in [6, 6.07) is 0.383. The molecule has 1 heterocycles. The number of hydrogen-bond acceptors (Lipinski definition) is 11. The number of fused-ring (bicyclic) bond motifs is 3. The Kier molecular flexibility index (Phi) is 6.87. The number of aliphatic hydroxyl groups excluding tert-OH is 2. The molecular formula is C28H34N4O9. The zero-order valence-electron chi connectivity index (χ0n) is 23.3. The molecule has 0 bridgehead atoms. The lowest BCUT2D eigenvalue weighted by molar-refractivity contribution is -0.153. The minimum absolute atomic E-state index is 0.0200. The van der Waals surface area contributed by atoms with Crippen molar-refractivity contribution in [3.05, 3.63) is 39.7 Å². The van der Waals surface area contributed by atoms with E-state index in [1.165, 1.54) is 9.80 Å². The van der Waals surface area contributed by atoms with E-state index in [2.05, 4.69) is 0 Å². The molecule has 0 aromatic heterocycles. The van der Waals surface area contributed by atoms with Gasteiger partial charge in [-0.3, -0.25) is 24.1 Å². The van der Waals surface area contributed by atoms with E-state index in [1.54, 1.807) is 39.2 Å². The average Bonchev–Trinajstić information content (AvgIpc) is 2.90. The number of amides is 2. The number of ketones is 2. The summed E-state index contributed by atoms with van der Waals surface area (Å²) in [5.74, 6) is -7.88. The van der Waals surface area contributed by atoms with Gasteiger partial charge in [-0.25, -0.2) is 0 Å². The zero-order valence-corrected chi connectivity index (χ0v) is 23.3. The Labute approximate surface area is 236 Å². The molecule has 3 aliphatic carbocycles. The Bertz CT molecular complexity index is 1440. The fourth-order valence-corrected chi connectivity index (χ4v) is 6.79. The smallest absolute Gasteiger partial charge is 0.257 e. The van der Waals surface area contributed by atoms with Crippen molar-refractivity contribution in [1.29, 1.82) is 0 Å². The molecule has 13 heteroatoms. The van der Waals surface area contributed by atoms with E-state index < -0.39 is 69.7 Å². The number of carbonyl (C=O) groups excluding carboxylic acids is 4. The highest BCUT2D eigenvalue weighted by Crippen LogP contribution is 2.54. The van der Waals surface area contributed by atoms with Crippen molar-refractivity contribution in [3.8, 4) is 5.75 Å². The van der Waals surface area contributed by atoms with Crippen molar-refractivity contribution < 1.29 is 44.3 Å². The van der Waals surface area contributed by atoms with Gasteiger partial charge in [0.2, 0.25) is 5.78 Å². The van der Waals surface area contributed by atoms with Gasteiger partial charge in [0, 0.05) is 44.4 Å². The number of benzene rings is 1. The molecule has 220 valence electrons. The van der Waals surface area contributed by atoms with Crippen LogP contribution in [0.3, 0.4) is 0 Å². The molecule has 5 rings (SSSR count). The minimum atomic E-state index is -2.73. The van der Waals surface area contributed by atoms with Gasteiger partial charge in [-0.1, -0.05) is 0 Å². The molecular weight excluding hydrogens is 536 g/mol. The third-order valence-electron chi connectivity index (χ3n) is 8.71. The number of phenols is 1. The number of phenolic OH excluding ortho intramolecular Hbond substituents is 1. The van der Waals surface area contributed by atoms with Crippen LogP contribution in [0.1, 0.15) is 27.9 Å². The number of anilines is 1. The molecule has 1 aromatic rings. The molecule has 6 N–H and O–H groups in total. The topological polar surface area (TPSA) is 194 Å². The lowest BCUT2D eigenvalue weighted by Gasteiger charge is -2.50. The molecule has 0 spiro atoms. The molecule has 1 aliphatic heterocycles. The quantitative estimate of drug-likeness (QED) is 0.293. The second kappa shape index (κ2) is 9.86. The number of carbonyl (C=O) groups is 4. The summed E-state index contributed by atoms with van der Waals surface area (Å²) >= 11 is 0. The van der Waals surface area contributed by atoms with E-state index in [-0.39, 0.29) is 29.5 Å². The number of primary amides is 1. The van der Waals surface area contributed by atoms with Gasteiger partial charge in [0.05, 0.1) is 30.4 Å². The summed E-state index contributed by atoms with van der Waals surface area (Å²) in [6.07, 6.45) is 0.107. The second-order valence-corrected chi connectivity index (χ2v) is 11.4. The number of morpholine rings is 1. The Hall–Kier alpha value is -3.94. The van der Waals surface area contributed by atoms with Gasteiger partial charge in [0.1, 0.15) is 22.8 Å². The van der Waals surface area contributed by atoms with E-state index >= 15 is 0 Å². The lowest BCUT2D eigenvalue weighted by Crippen LogP contribution is -2.65. The van der Waals surface area contributed by atoms with Crippen molar-refractivity contribution in [3.63, 3.8) is 0 Å². The summed E-state index contributed by atoms with van der Waals surface area (Å²) < 4.78 is 5.32. The maximum Gasteiger partial charge on any atom is 0.257 e. The molecule has 41 heavy (non-hydrogen) atoms. The van der Waals surface area contributed by atoms with E-state index in [4.69, 9.17) is 10.5 Å². The fraction of sp³-hybridized carbons (Fsp3) is 0.500. The van der Waals surface area contributed by atoms with Gasteiger partial charge in [-0.05, 0) is 44.5 Å². The first-order valence-electron chi connectivity index (χ1n) is 13.3. The summed E-state index contributed by atoms with van der Waals surface area (Å²) in [5.41, 5.74) is 2.32. The standard InChI is InChI=1S/C28H34N4O9/c1-30(2)16-11-14(27(39)32-5-7-41-8-6-32)21(33)18-13(16)9-12-10-15-20(31(3)4)23(35)19(26(29)38)25(37)28(15,40)24(36)17(12)22(18)34/h11-12,15,20,33-34,37,40H,5-10H2,1-4H3,(H2,29,38)/t12-,15-,20-,28-/m1/s1. The summed E-state index contributed by atoms with van der Waals surface area (Å²) in [7, 11) is 6.57. The predicted molar refractivity (Wildman–Crippen MR) is 145 cm³/mol. The van der Waals surface area contributed by atoms with Crippen molar-refractivity contribution >= 4 is 34.8 Å². The number of hydrogen-bond donors (Lipinski definition) is 5. The largest absolute Gasteiger partial charge is 0.508 e. The number of aliphatic hydroxyl groups is 3. The molecule has 1 saturated heterocycles. The summed E-state index contributed by atoms with van der Waals surface area (Å²) in [5, 5.41) is 45.7. The van der Waals surface area contributed by atoms with Crippen molar-refractivity contribution in [2.24, 2.45) is 17.6 Å². The van der Waals surface area contributed by atoms with Crippen LogP contribution in [0.25, 0.3) is 5.76 Å². The summed E-state index contributed by atoms with van der Waals surface area (Å²) in [4.78, 5) is 57.6. The number of likely N-dealkylation sites (N-methyl/N-ethyl adjacent to an activating group) is 1. The van der Waals surface area contributed by atoms with E-state index in [0.717, 1.165) is 0 Å². The molecule has 13 nitrogen and oxygen atoms in total. The van der Waals surface area contributed by atoms with Crippen molar-refractivity contribution in [2.75, 3.05) is 59.4 Å². The maximum atomic E-state index is 14.1. The monoisotopic (exact) mass is 570 g/mol. The van der Waals surface area contributed by atoms with Crippen LogP contribution in [-0.2, 0) is 25.5 Å². The van der Waals surface area contributed by atoms with Crippen LogP contribution in [0, 0.1) is 11.8 Å². The van der Waals surface area contributed by atoms with Crippen LogP contribution < -0.4 is 10.6 Å². The lowest BCUT2D eigenvalue weighted by atomic mass is 9.57. The number of aromatic hydroxyl groups is 1. The average molecular weight is 571 g/mol. The Balaban J connectivity index is 1.72. The molecule has 1 saturated carbocycles. The van der Waals surface area contributed by atoms with Crippen LogP contribution in [0.2, 0.25) is 0 Å². The SMILES string of the molecule is CN(C)c1cc(C(=O)N2CCOCC2)c(O)c2c1C[C@@H]1C[C@@H]3[C@@H](N(C)C)C(=O)C(C(N)=O)=C(O)[C@]3(O)C(=O)C1=C2O. The third kappa shape index (κ3) is 4.02. The molecule has 2 fully saturated rings. The minimum Gasteiger partial charge on any atom is -0.508 e. The van der Waals surface area contributed by atoms with Gasteiger partial charge >= 0.3 is 0 Å². The predicted octanol–water partition coefficient (Wildman–Crippen LogP) is -0.498. The summed E-state index contributed by atoms with van der Waals surface area (Å²) in [6.45, 7) is 1.30. The van der Waals surface area contributed by atoms with Crippen molar-refractivity contribution in [1.82, 2.24) is 9.80 Å². The van der Waals surface area contributed by atoms with Gasteiger partial charge in [0.15, 0.2) is 11.4 Å². The molecule has 0 unspecified atom stereocenters. The highest BCUT2D eigenvalue weighted by molar-refractivity contribution is 6.24. The first-order valence-corrected chi connectivity index (χ1v) is 13.3. The highest BCUT2D eigenvalue weighted by Gasteiger charge is 2.64. The van der Waals surface area contributed by atoms with Crippen LogP contribution in [0.5, 0.6) is 5.75 Å². The number of nitrogens with zero attached hydrogens (tertiary/aromatic N) is 3. The van der Waals surface area contributed by atoms with E-state index in [9.17, 15) is 39.6 Å². The fourth-order valence-electron chi connectivity index (χ4n) is 6.79. The van der Waals surface area contributed by atoms with Gasteiger partial charge in [-0.15, -0.1) is 0 Å². The Morgan fingerprint density at radius 2 is 1.73 bits per heavy atom. The van der Waals surface area contributed by atoms with Crippen LogP contribution >= 0.6 is 0 Å². The number of rotatable bonds is 4. The Morgan fingerprint density at radius 1 is 1.10 bits per heavy atom. The van der Waals surface area contributed by atoms with Crippen LogP contribution in [0.4, 0.5) is 5.69 Å². The molecule has 2 amide bonds. The van der Waals surface area contributed by atoms with Crippen LogP contribution in [-0.4, -0.2) is 120 Å². The molecule has 4 aliphatic rings. The highest BCUT2D eigenvalue weighted by atomic mass is 16.5. The molecule has 4 atom stereocenters. The van der Waals surface area contributed by atoms with E-state index in [0.29, 0.717) is 37.6 Å². The maximum absolute atomic E-state index is 14.1. The first kappa shape index (κ1) is 28.6. The van der Waals surface area contributed by atoms with E-state index in [1.807, 2.05) is 0 Å². The van der Waals surface area contributed by atoms with Crippen molar-refractivity contribution in [2.45, 2.75) is 24.5 Å².